The molecule has 29 heavy (non-hydrogen) atoms. The van der Waals surface area contributed by atoms with Gasteiger partial charge in [0.05, 0.1) is 9.79 Å². The molecule has 0 spiro atoms. The normalized spacial score (nSPS) is 14.8. The zero-order valence-corrected chi connectivity index (χ0v) is 19.1. The average molecular weight is 441 g/mol. The van der Waals surface area contributed by atoms with Crippen molar-refractivity contribution in [2.75, 3.05) is 23.0 Å². The minimum Gasteiger partial charge on any atom is -0.456 e. The molecular weight excluding hydrogens is 416 g/mol. The third kappa shape index (κ3) is 5.68. The standard InChI is InChI=1S/C24H24O2S3/c1-17-3-9-21-23(15-17)28-13-11-27-12-14-29-24-16-18(2)4-10-22(24)26-20-7-5-19(25-21)6-8-20/h3-10,15-16H,11-14H2,1-2H3. The quantitative estimate of drug-likeness (QED) is 0.354. The molecule has 2 aliphatic heterocycles. The van der Waals surface area contributed by atoms with Crippen LogP contribution < -0.4 is 9.47 Å². The topological polar surface area (TPSA) is 18.5 Å². The number of hydrogen-bond donors (Lipinski definition) is 0. The summed E-state index contributed by atoms with van der Waals surface area (Å²) in [5, 5.41) is 0. The van der Waals surface area contributed by atoms with Crippen molar-refractivity contribution in [3.63, 3.8) is 0 Å². The van der Waals surface area contributed by atoms with Gasteiger partial charge in [-0.2, -0.15) is 11.8 Å². The van der Waals surface area contributed by atoms with Gasteiger partial charge in [0.1, 0.15) is 23.0 Å². The highest BCUT2D eigenvalue weighted by atomic mass is 32.2. The van der Waals surface area contributed by atoms with E-state index < -0.39 is 0 Å². The summed E-state index contributed by atoms with van der Waals surface area (Å²) in [4.78, 5) is 2.40. The van der Waals surface area contributed by atoms with Crippen molar-refractivity contribution in [1.82, 2.24) is 0 Å². The lowest BCUT2D eigenvalue weighted by molar-refractivity contribution is 0.458. The molecule has 0 aromatic heterocycles. The van der Waals surface area contributed by atoms with E-state index in [-0.39, 0.29) is 0 Å². The summed E-state index contributed by atoms with van der Waals surface area (Å²) < 4.78 is 12.4. The second kappa shape index (κ2) is 9.88. The molecule has 2 bridgehead atoms. The van der Waals surface area contributed by atoms with Crippen LogP contribution in [0, 0.1) is 13.8 Å². The maximum Gasteiger partial charge on any atom is 0.140 e. The molecule has 0 saturated heterocycles. The van der Waals surface area contributed by atoms with Crippen molar-refractivity contribution >= 4 is 35.3 Å². The zero-order valence-electron chi connectivity index (χ0n) is 16.6. The Balaban J connectivity index is 1.62. The van der Waals surface area contributed by atoms with Gasteiger partial charge in [0.25, 0.3) is 0 Å². The number of hydrogen-bond acceptors (Lipinski definition) is 5. The Kier molecular flexibility index (Phi) is 7.01. The molecule has 0 N–H and O–H groups in total. The third-order valence-corrected chi connectivity index (χ3v) is 8.03. The molecule has 0 radical (unpaired) electrons. The second-order valence-electron chi connectivity index (χ2n) is 6.89. The van der Waals surface area contributed by atoms with E-state index >= 15 is 0 Å². The smallest absolute Gasteiger partial charge is 0.140 e. The third-order valence-electron chi connectivity index (χ3n) is 4.45. The van der Waals surface area contributed by atoms with Crippen LogP contribution in [0.5, 0.6) is 23.0 Å². The monoisotopic (exact) mass is 440 g/mol. The van der Waals surface area contributed by atoms with Crippen molar-refractivity contribution < 1.29 is 9.47 Å². The molecule has 2 aliphatic rings. The number of benzene rings is 3. The van der Waals surface area contributed by atoms with Crippen LogP contribution in [0.15, 0.2) is 70.5 Å². The lowest BCUT2D eigenvalue weighted by atomic mass is 10.2. The van der Waals surface area contributed by atoms with Crippen molar-refractivity contribution in [3.05, 3.63) is 71.8 Å². The Labute approximate surface area is 185 Å². The van der Waals surface area contributed by atoms with Gasteiger partial charge in [-0.15, -0.1) is 23.5 Å². The maximum absolute atomic E-state index is 6.19. The molecule has 5 rings (SSSR count). The van der Waals surface area contributed by atoms with Gasteiger partial charge in [0.15, 0.2) is 0 Å². The number of aryl methyl sites for hydroxylation is 2. The summed E-state index contributed by atoms with van der Waals surface area (Å²) >= 11 is 5.75. The Morgan fingerprint density at radius 1 is 0.586 bits per heavy atom. The van der Waals surface area contributed by atoms with Gasteiger partial charge in [0.2, 0.25) is 0 Å². The zero-order chi connectivity index (χ0) is 20.1. The van der Waals surface area contributed by atoms with Crippen LogP contribution in [0.2, 0.25) is 0 Å². The van der Waals surface area contributed by atoms with Crippen molar-refractivity contribution in [3.8, 4) is 23.0 Å². The fourth-order valence-corrected chi connectivity index (χ4v) is 6.27. The van der Waals surface area contributed by atoms with Crippen LogP contribution in [-0.4, -0.2) is 23.0 Å². The van der Waals surface area contributed by atoms with Gasteiger partial charge in [0, 0.05) is 23.0 Å². The minimum atomic E-state index is 0.820. The lowest BCUT2D eigenvalue weighted by Gasteiger charge is -2.13. The largest absolute Gasteiger partial charge is 0.456 e. The van der Waals surface area contributed by atoms with Crippen LogP contribution in [0.25, 0.3) is 0 Å². The summed E-state index contributed by atoms with van der Waals surface area (Å²) in [6, 6.07) is 20.6. The van der Waals surface area contributed by atoms with E-state index in [0.29, 0.717) is 0 Å². The summed E-state index contributed by atoms with van der Waals surface area (Å²) in [5.41, 5.74) is 2.51. The van der Waals surface area contributed by atoms with E-state index in [0.717, 1.165) is 46.0 Å². The van der Waals surface area contributed by atoms with E-state index in [1.165, 1.54) is 20.9 Å². The van der Waals surface area contributed by atoms with Crippen LogP contribution >= 0.6 is 35.3 Å². The molecule has 2 heterocycles. The van der Waals surface area contributed by atoms with E-state index in [2.05, 4.69) is 50.2 Å². The van der Waals surface area contributed by atoms with Crippen molar-refractivity contribution in [1.29, 1.82) is 0 Å². The summed E-state index contributed by atoms with van der Waals surface area (Å²) in [6.45, 7) is 4.25. The molecule has 0 unspecified atom stereocenters. The Hall–Kier alpha value is -1.69. The fourth-order valence-electron chi connectivity index (χ4n) is 2.98. The molecule has 0 amide bonds. The van der Waals surface area contributed by atoms with Crippen LogP contribution in [0.4, 0.5) is 0 Å². The maximum atomic E-state index is 6.19. The average Bonchev–Trinajstić information content (AvgIpc) is 2.72. The summed E-state index contributed by atoms with van der Waals surface area (Å²) in [6.07, 6.45) is 0. The summed E-state index contributed by atoms with van der Waals surface area (Å²) in [7, 11) is 0. The first-order chi connectivity index (χ1) is 14.2. The lowest BCUT2D eigenvalue weighted by Crippen LogP contribution is -1.92. The van der Waals surface area contributed by atoms with Crippen molar-refractivity contribution in [2.24, 2.45) is 0 Å². The van der Waals surface area contributed by atoms with E-state index in [9.17, 15) is 0 Å². The Morgan fingerprint density at radius 2 is 1.03 bits per heavy atom. The number of ether oxygens (including phenoxy) is 2. The molecule has 150 valence electrons. The molecule has 3 aromatic rings. The van der Waals surface area contributed by atoms with Crippen LogP contribution in [0.1, 0.15) is 11.1 Å². The molecule has 3 aromatic carbocycles. The van der Waals surface area contributed by atoms with E-state index in [1.54, 1.807) is 0 Å². The number of rotatable bonds is 0. The SMILES string of the molecule is Cc1ccc2c(c1)SCCSCCSc1cc(C)ccc1Oc1ccc(cc1)O2. The molecular formula is C24H24O2S3. The van der Waals surface area contributed by atoms with E-state index in [1.807, 2.05) is 59.6 Å². The first-order valence-corrected chi connectivity index (χ1v) is 12.8. The fraction of sp³-hybridized carbons (Fsp3) is 0.250. The number of thioether (sulfide) groups is 3. The predicted octanol–water partition coefficient (Wildman–Crippen LogP) is 7.82. The highest BCUT2D eigenvalue weighted by Crippen LogP contribution is 2.37. The minimum absolute atomic E-state index is 0.820. The molecule has 0 aliphatic carbocycles. The highest BCUT2D eigenvalue weighted by Gasteiger charge is 2.10. The van der Waals surface area contributed by atoms with Gasteiger partial charge in [-0.1, -0.05) is 12.1 Å². The molecule has 0 atom stereocenters. The molecule has 0 fully saturated rings. The van der Waals surface area contributed by atoms with Crippen LogP contribution in [0.3, 0.4) is 0 Å². The molecule has 2 nitrogen and oxygen atoms in total. The number of fused-ring (bicyclic) bond motifs is 8. The highest BCUT2D eigenvalue weighted by molar-refractivity contribution is 8.04. The Morgan fingerprint density at radius 3 is 1.48 bits per heavy atom. The van der Waals surface area contributed by atoms with Gasteiger partial charge in [-0.05, 0) is 73.5 Å². The first-order valence-electron chi connectivity index (χ1n) is 9.68. The second-order valence-corrected chi connectivity index (χ2v) is 10.4. The first kappa shape index (κ1) is 20.6. The van der Waals surface area contributed by atoms with Crippen LogP contribution in [-0.2, 0) is 0 Å². The van der Waals surface area contributed by atoms with Crippen molar-refractivity contribution in [2.45, 2.75) is 23.6 Å². The van der Waals surface area contributed by atoms with Gasteiger partial charge in [-0.25, -0.2) is 0 Å². The predicted molar refractivity (Wildman–Crippen MR) is 128 cm³/mol. The van der Waals surface area contributed by atoms with E-state index in [4.69, 9.17) is 9.47 Å². The van der Waals surface area contributed by atoms with Gasteiger partial charge < -0.3 is 9.47 Å². The summed E-state index contributed by atoms with van der Waals surface area (Å²) in [5.74, 6) is 7.88. The molecule has 5 heteroatoms. The van der Waals surface area contributed by atoms with Gasteiger partial charge >= 0.3 is 0 Å². The molecule has 0 saturated carbocycles. The van der Waals surface area contributed by atoms with Gasteiger partial charge in [-0.3, -0.25) is 0 Å². The Bertz CT molecular complexity index is 892.